The number of thioether (sulfide) groups is 1. The third-order valence-electron chi connectivity index (χ3n) is 4.72. The molecule has 0 saturated heterocycles. The van der Waals surface area contributed by atoms with Crippen molar-refractivity contribution in [3.63, 3.8) is 0 Å². The molecule has 0 unspecified atom stereocenters. The SMILES string of the molecule is N=C(N=Nc1c(O)n(Cc2ccccc2)c2ccccc12)SCc1ccc(Cl)cc1Cl. The van der Waals surface area contributed by atoms with E-state index in [4.69, 9.17) is 28.6 Å². The Balaban J connectivity index is 1.55. The third kappa shape index (κ3) is 4.93. The second-order valence-electron chi connectivity index (χ2n) is 6.79. The molecule has 0 amide bonds. The van der Waals surface area contributed by atoms with Gasteiger partial charge in [-0.25, -0.2) is 0 Å². The fraction of sp³-hybridized carbons (Fsp3) is 0.0870. The van der Waals surface area contributed by atoms with Crippen LogP contribution in [0.5, 0.6) is 5.88 Å². The summed E-state index contributed by atoms with van der Waals surface area (Å²) in [4.78, 5) is 0. The fourth-order valence-electron chi connectivity index (χ4n) is 3.21. The van der Waals surface area contributed by atoms with Crippen LogP contribution in [0.2, 0.25) is 10.0 Å². The molecule has 3 aromatic carbocycles. The molecule has 0 saturated carbocycles. The van der Waals surface area contributed by atoms with E-state index >= 15 is 0 Å². The minimum Gasteiger partial charge on any atom is -0.493 e. The van der Waals surface area contributed by atoms with Gasteiger partial charge in [-0.2, -0.15) is 0 Å². The molecule has 2 N–H and O–H groups in total. The Morgan fingerprint density at radius 3 is 2.52 bits per heavy atom. The Bertz CT molecular complexity index is 1270. The predicted octanol–water partition coefficient (Wildman–Crippen LogP) is 7.65. The van der Waals surface area contributed by atoms with E-state index in [0.29, 0.717) is 28.0 Å². The molecule has 156 valence electrons. The zero-order valence-corrected chi connectivity index (χ0v) is 18.6. The zero-order chi connectivity index (χ0) is 21.8. The van der Waals surface area contributed by atoms with Crippen molar-refractivity contribution in [1.29, 1.82) is 5.41 Å². The molecule has 0 bridgehead atoms. The highest BCUT2D eigenvalue weighted by molar-refractivity contribution is 8.13. The first-order chi connectivity index (χ1) is 15.0. The molecule has 0 aliphatic carbocycles. The number of aromatic nitrogens is 1. The lowest BCUT2D eigenvalue weighted by Crippen LogP contribution is -1.98. The topological polar surface area (TPSA) is 73.7 Å². The van der Waals surface area contributed by atoms with E-state index in [9.17, 15) is 5.11 Å². The largest absolute Gasteiger partial charge is 0.493 e. The van der Waals surface area contributed by atoms with Crippen LogP contribution in [0.25, 0.3) is 10.9 Å². The monoisotopic (exact) mass is 468 g/mol. The van der Waals surface area contributed by atoms with Crippen molar-refractivity contribution >= 4 is 56.7 Å². The maximum atomic E-state index is 10.9. The molecular formula is C23H18Cl2N4OS. The first-order valence-electron chi connectivity index (χ1n) is 9.44. The van der Waals surface area contributed by atoms with Crippen LogP contribution >= 0.6 is 35.0 Å². The van der Waals surface area contributed by atoms with Crippen molar-refractivity contribution in [2.24, 2.45) is 10.2 Å². The lowest BCUT2D eigenvalue weighted by Gasteiger charge is -2.06. The Hall–Kier alpha value is -2.80. The van der Waals surface area contributed by atoms with E-state index in [1.165, 1.54) is 11.8 Å². The number of nitrogens with zero attached hydrogens (tertiary/aromatic N) is 3. The average molecular weight is 469 g/mol. The van der Waals surface area contributed by atoms with Crippen LogP contribution < -0.4 is 0 Å². The van der Waals surface area contributed by atoms with Crippen LogP contribution in [0.3, 0.4) is 0 Å². The molecule has 4 aromatic rings. The van der Waals surface area contributed by atoms with Crippen LogP contribution in [0.4, 0.5) is 5.69 Å². The molecule has 8 heteroatoms. The van der Waals surface area contributed by atoms with E-state index in [1.54, 1.807) is 16.7 Å². The molecule has 31 heavy (non-hydrogen) atoms. The van der Waals surface area contributed by atoms with Gasteiger partial charge in [0.25, 0.3) is 0 Å². The fourth-order valence-corrected chi connectivity index (χ4v) is 4.40. The van der Waals surface area contributed by atoms with E-state index in [0.717, 1.165) is 22.0 Å². The summed E-state index contributed by atoms with van der Waals surface area (Å²) in [7, 11) is 0. The van der Waals surface area contributed by atoms with E-state index in [1.807, 2.05) is 60.7 Å². The Labute approximate surface area is 193 Å². The average Bonchev–Trinajstić information content (AvgIpc) is 3.03. The Kier molecular flexibility index (Phi) is 6.61. The van der Waals surface area contributed by atoms with Crippen LogP contribution in [-0.4, -0.2) is 14.8 Å². The number of halogens is 2. The second-order valence-corrected chi connectivity index (χ2v) is 8.60. The molecule has 0 fully saturated rings. The van der Waals surface area contributed by atoms with Crippen molar-refractivity contribution in [2.75, 3.05) is 0 Å². The molecule has 0 atom stereocenters. The van der Waals surface area contributed by atoms with Gasteiger partial charge in [-0.15, -0.1) is 10.2 Å². The number of aromatic hydroxyl groups is 1. The minimum atomic E-state index is 0.0188. The smallest absolute Gasteiger partial charge is 0.221 e. The van der Waals surface area contributed by atoms with Crippen molar-refractivity contribution in [1.82, 2.24) is 4.57 Å². The number of para-hydroxylation sites is 1. The van der Waals surface area contributed by atoms with Gasteiger partial charge in [0.1, 0.15) is 0 Å². The summed E-state index contributed by atoms with van der Waals surface area (Å²) in [6.07, 6.45) is 0. The molecule has 5 nitrogen and oxygen atoms in total. The number of azo groups is 1. The number of hydrogen-bond donors (Lipinski definition) is 2. The number of benzene rings is 3. The van der Waals surface area contributed by atoms with Crippen molar-refractivity contribution in [2.45, 2.75) is 12.3 Å². The number of hydrogen-bond acceptors (Lipinski definition) is 4. The number of fused-ring (bicyclic) bond motifs is 1. The van der Waals surface area contributed by atoms with Crippen LogP contribution in [0.15, 0.2) is 83.0 Å². The highest BCUT2D eigenvalue weighted by atomic mass is 35.5. The van der Waals surface area contributed by atoms with Gasteiger partial charge in [0, 0.05) is 21.2 Å². The van der Waals surface area contributed by atoms with Gasteiger partial charge in [-0.3, -0.25) is 5.41 Å². The summed E-state index contributed by atoms with van der Waals surface area (Å²) in [6, 6.07) is 22.8. The lowest BCUT2D eigenvalue weighted by atomic mass is 10.2. The normalized spacial score (nSPS) is 11.4. The molecule has 0 radical (unpaired) electrons. The minimum absolute atomic E-state index is 0.0188. The zero-order valence-electron chi connectivity index (χ0n) is 16.3. The predicted molar refractivity (Wildman–Crippen MR) is 129 cm³/mol. The lowest BCUT2D eigenvalue weighted by molar-refractivity contribution is 0.429. The molecule has 4 rings (SSSR count). The van der Waals surface area contributed by atoms with E-state index in [-0.39, 0.29) is 11.0 Å². The molecular weight excluding hydrogens is 451 g/mol. The molecule has 0 spiro atoms. The third-order valence-corrected chi connectivity index (χ3v) is 6.12. The molecule has 1 heterocycles. The molecule has 0 aliphatic heterocycles. The van der Waals surface area contributed by atoms with Crippen molar-refractivity contribution in [3.8, 4) is 5.88 Å². The van der Waals surface area contributed by atoms with Gasteiger partial charge in [0.2, 0.25) is 11.0 Å². The summed E-state index contributed by atoms with van der Waals surface area (Å²) < 4.78 is 1.79. The molecule has 0 aliphatic rings. The van der Waals surface area contributed by atoms with Gasteiger partial charge >= 0.3 is 0 Å². The van der Waals surface area contributed by atoms with Gasteiger partial charge in [0.05, 0.1) is 12.1 Å². The van der Waals surface area contributed by atoms with Gasteiger partial charge in [-0.05, 0) is 29.3 Å². The summed E-state index contributed by atoms with van der Waals surface area (Å²) >= 11 is 13.3. The van der Waals surface area contributed by atoms with Crippen molar-refractivity contribution in [3.05, 3.63) is 94.0 Å². The first-order valence-corrected chi connectivity index (χ1v) is 11.2. The van der Waals surface area contributed by atoms with Crippen LogP contribution in [0.1, 0.15) is 11.1 Å². The number of amidine groups is 1. The standard InChI is InChI=1S/C23H18Cl2N4OS/c24-17-11-10-16(19(25)12-17)14-31-23(26)28-27-21-18-8-4-5-9-20(18)29(22(21)30)13-15-6-2-1-3-7-15/h1-12,26,30H,13-14H2. The van der Waals surface area contributed by atoms with Gasteiger partial charge in [-0.1, -0.05) is 89.6 Å². The number of rotatable bonds is 5. The first kappa shape index (κ1) is 21.4. The van der Waals surface area contributed by atoms with Gasteiger partial charge in [0.15, 0.2) is 5.69 Å². The summed E-state index contributed by atoms with van der Waals surface area (Å²) in [5.74, 6) is 0.489. The maximum absolute atomic E-state index is 10.9. The summed E-state index contributed by atoms with van der Waals surface area (Å²) in [5, 5.41) is 29.1. The Morgan fingerprint density at radius 2 is 1.74 bits per heavy atom. The second kappa shape index (κ2) is 9.56. The maximum Gasteiger partial charge on any atom is 0.221 e. The quantitative estimate of drug-likeness (QED) is 0.179. The highest BCUT2D eigenvalue weighted by Gasteiger charge is 2.16. The van der Waals surface area contributed by atoms with Gasteiger partial charge < -0.3 is 9.67 Å². The summed E-state index contributed by atoms with van der Waals surface area (Å²) in [6.45, 7) is 0.504. The Morgan fingerprint density at radius 1 is 1.00 bits per heavy atom. The van der Waals surface area contributed by atoms with E-state index in [2.05, 4.69) is 10.2 Å². The highest BCUT2D eigenvalue weighted by Crippen LogP contribution is 2.39. The summed E-state index contributed by atoms with van der Waals surface area (Å²) in [5.41, 5.74) is 3.12. The van der Waals surface area contributed by atoms with E-state index < -0.39 is 0 Å². The van der Waals surface area contributed by atoms with Crippen LogP contribution in [-0.2, 0) is 12.3 Å². The molecule has 1 aromatic heterocycles. The van der Waals surface area contributed by atoms with Crippen LogP contribution in [0, 0.1) is 5.41 Å². The number of nitrogens with one attached hydrogen (secondary N) is 1. The van der Waals surface area contributed by atoms with Crippen molar-refractivity contribution < 1.29 is 5.11 Å².